The highest BCUT2D eigenvalue weighted by Gasteiger charge is 2.16. The number of halogens is 1. The third-order valence-electron chi connectivity index (χ3n) is 4.39. The Morgan fingerprint density at radius 2 is 1.93 bits per heavy atom. The van der Waals surface area contributed by atoms with Crippen molar-refractivity contribution in [1.29, 1.82) is 0 Å². The predicted octanol–water partition coefficient (Wildman–Crippen LogP) is 3.21. The van der Waals surface area contributed by atoms with E-state index in [1.165, 1.54) is 12.8 Å². The Balaban J connectivity index is 0.00000364. The number of guanidine groups is 1. The zero-order valence-electron chi connectivity index (χ0n) is 16.4. The van der Waals surface area contributed by atoms with E-state index in [1.54, 1.807) is 0 Å². The summed E-state index contributed by atoms with van der Waals surface area (Å²) < 4.78 is 5.64. The first-order valence-electron chi connectivity index (χ1n) is 9.75. The van der Waals surface area contributed by atoms with Crippen LogP contribution in [0, 0.1) is 0 Å². The van der Waals surface area contributed by atoms with Crippen LogP contribution in [0.5, 0.6) is 5.75 Å². The van der Waals surface area contributed by atoms with Crippen molar-refractivity contribution in [1.82, 2.24) is 16.0 Å². The summed E-state index contributed by atoms with van der Waals surface area (Å²) in [6.45, 7) is 6.50. The fourth-order valence-corrected chi connectivity index (χ4v) is 3.10. The van der Waals surface area contributed by atoms with Gasteiger partial charge in [-0.2, -0.15) is 0 Å². The van der Waals surface area contributed by atoms with Crippen LogP contribution in [0.4, 0.5) is 0 Å². The molecule has 0 radical (unpaired) electrons. The topological polar surface area (TPSA) is 74.8 Å². The minimum Gasteiger partial charge on any atom is -0.494 e. The van der Waals surface area contributed by atoms with Gasteiger partial charge in [0, 0.05) is 31.1 Å². The number of hydrogen-bond donors (Lipinski definition) is 3. The Kier molecular flexibility index (Phi) is 11.9. The number of ether oxygens (including phenoxy) is 1. The molecule has 0 heterocycles. The van der Waals surface area contributed by atoms with Crippen molar-refractivity contribution >= 4 is 35.8 Å². The summed E-state index contributed by atoms with van der Waals surface area (Å²) >= 11 is 0. The highest BCUT2D eigenvalue weighted by atomic mass is 127. The second kappa shape index (κ2) is 13.6. The van der Waals surface area contributed by atoms with E-state index < -0.39 is 0 Å². The van der Waals surface area contributed by atoms with Crippen LogP contribution in [-0.2, 0) is 11.3 Å². The molecule has 6 nitrogen and oxygen atoms in total. The second-order valence-electron chi connectivity index (χ2n) is 6.46. The number of aliphatic imine (C=N–C) groups is 1. The van der Waals surface area contributed by atoms with Crippen molar-refractivity contribution < 1.29 is 9.53 Å². The van der Waals surface area contributed by atoms with Crippen LogP contribution >= 0.6 is 24.0 Å². The fourth-order valence-electron chi connectivity index (χ4n) is 3.10. The van der Waals surface area contributed by atoms with Gasteiger partial charge in [-0.15, -0.1) is 24.0 Å². The predicted molar refractivity (Wildman–Crippen MR) is 121 cm³/mol. The lowest BCUT2D eigenvalue weighted by Gasteiger charge is -2.14. The molecule has 1 aromatic carbocycles. The molecule has 2 rings (SSSR count). The smallest absolute Gasteiger partial charge is 0.221 e. The molecule has 1 amide bonds. The lowest BCUT2D eigenvalue weighted by molar-refractivity contribution is -0.121. The van der Waals surface area contributed by atoms with Crippen molar-refractivity contribution in [3.05, 3.63) is 29.8 Å². The minimum absolute atomic E-state index is 0. The van der Waals surface area contributed by atoms with Gasteiger partial charge >= 0.3 is 0 Å². The minimum atomic E-state index is 0. The summed E-state index contributed by atoms with van der Waals surface area (Å²) in [5.74, 6) is 1.69. The summed E-state index contributed by atoms with van der Waals surface area (Å²) in [5.41, 5.74) is 1.05. The molecule has 0 unspecified atom stereocenters. The van der Waals surface area contributed by atoms with Crippen molar-refractivity contribution in [2.24, 2.45) is 4.99 Å². The molecule has 0 saturated heterocycles. The molecule has 152 valence electrons. The summed E-state index contributed by atoms with van der Waals surface area (Å²) in [5, 5.41) is 9.56. The van der Waals surface area contributed by atoms with E-state index in [9.17, 15) is 4.79 Å². The summed E-state index contributed by atoms with van der Waals surface area (Å²) in [4.78, 5) is 16.6. The molecule has 0 atom stereocenters. The van der Waals surface area contributed by atoms with Gasteiger partial charge in [0.05, 0.1) is 13.2 Å². The number of rotatable bonds is 9. The van der Waals surface area contributed by atoms with Gasteiger partial charge in [0.2, 0.25) is 5.91 Å². The Bertz CT molecular complexity index is 589. The van der Waals surface area contributed by atoms with Crippen molar-refractivity contribution in [3.63, 3.8) is 0 Å². The second-order valence-corrected chi connectivity index (χ2v) is 6.46. The van der Waals surface area contributed by atoms with Gasteiger partial charge in [-0.05, 0) is 32.8 Å². The van der Waals surface area contributed by atoms with Crippen LogP contribution in [-0.4, -0.2) is 37.6 Å². The number of para-hydroxylation sites is 1. The number of nitrogens with zero attached hydrogens (tertiary/aromatic N) is 1. The van der Waals surface area contributed by atoms with Crippen LogP contribution < -0.4 is 20.7 Å². The lowest BCUT2D eigenvalue weighted by Crippen LogP contribution is -2.40. The van der Waals surface area contributed by atoms with Gasteiger partial charge in [0.25, 0.3) is 0 Å². The van der Waals surface area contributed by atoms with Gasteiger partial charge in [0.1, 0.15) is 5.75 Å². The van der Waals surface area contributed by atoms with Gasteiger partial charge in [-0.25, -0.2) is 4.99 Å². The summed E-state index contributed by atoms with van der Waals surface area (Å²) in [6.07, 6.45) is 5.13. The highest BCUT2D eigenvalue weighted by Crippen LogP contribution is 2.19. The summed E-state index contributed by atoms with van der Waals surface area (Å²) in [6, 6.07) is 8.31. The molecule has 1 aliphatic rings. The first kappa shape index (κ1) is 23.5. The zero-order valence-corrected chi connectivity index (χ0v) is 18.8. The number of benzene rings is 1. The Morgan fingerprint density at radius 3 is 2.63 bits per heavy atom. The van der Waals surface area contributed by atoms with Crippen LogP contribution in [0.2, 0.25) is 0 Å². The standard InChI is InChI=1S/C20H32N4O2.HI/c1-3-21-20(22-14-13-19(25)24-17-10-6-7-11-17)23-15-16-9-5-8-12-18(16)26-4-2;/h5,8-9,12,17H,3-4,6-7,10-11,13-15H2,1-2H3,(H,24,25)(H2,21,22,23);1H. The largest absolute Gasteiger partial charge is 0.494 e. The first-order valence-corrected chi connectivity index (χ1v) is 9.75. The summed E-state index contributed by atoms with van der Waals surface area (Å²) in [7, 11) is 0. The normalized spacial score (nSPS) is 14.4. The molecule has 1 saturated carbocycles. The number of carbonyl (C=O) groups excluding carboxylic acids is 1. The van der Waals surface area contributed by atoms with Crippen LogP contribution in [0.3, 0.4) is 0 Å². The van der Waals surface area contributed by atoms with Crippen LogP contribution in [0.15, 0.2) is 29.3 Å². The quantitative estimate of drug-likeness (QED) is 0.284. The zero-order chi connectivity index (χ0) is 18.6. The van der Waals surface area contributed by atoms with E-state index in [0.717, 1.165) is 30.7 Å². The first-order chi connectivity index (χ1) is 12.7. The number of amides is 1. The van der Waals surface area contributed by atoms with Gasteiger partial charge in [-0.3, -0.25) is 4.79 Å². The number of nitrogens with one attached hydrogen (secondary N) is 3. The van der Waals surface area contributed by atoms with Crippen molar-refractivity contribution in [2.75, 3.05) is 19.7 Å². The average molecular weight is 488 g/mol. The average Bonchev–Trinajstić information content (AvgIpc) is 3.14. The molecule has 0 spiro atoms. The molecule has 3 N–H and O–H groups in total. The number of hydrogen-bond acceptors (Lipinski definition) is 3. The maximum Gasteiger partial charge on any atom is 0.221 e. The van der Waals surface area contributed by atoms with E-state index in [-0.39, 0.29) is 29.9 Å². The molecule has 7 heteroatoms. The van der Waals surface area contributed by atoms with Crippen molar-refractivity contribution in [3.8, 4) is 5.75 Å². The van der Waals surface area contributed by atoms with Crippen LogP contribution in [0.25, 0.3) is 0 Å². The monoisotopic (exact) mass is 488 g/mol. The molecule has 1 aromatic rings. The molecule has 0 bridgehead atoms. The lowest BCUT2D eigenvalue weighted by atomic mass is 10.2. The van der Waals surface area contributed by atoms with Gasteiger partial charge < -0.3 is 20.7 Å². The maximum atomic E-state index is 12.0. The van der Waals surface area contributed by atoms with Crippen LogP contribution in [0.1, 0.15) is 51.5 Å². The van der Waals surface area contributed by atoms with E-state index in [2.05, 4.69) is 20.9 Å². The fraction of sp³-hybridized carbons (Fsp3) is 0.600. The molecular formula is C20H33IN4O2. The van der Waals surface area contributed by atoms with Gasteiger partial charge in [0.15, 0.2) is 5.96 Å². The Morgan fingerprint density at radius 1 is 1.19 bits per heavy atom. The highest BCUT2D eigenvalue weighted by molar-refractivity contribution is 14.0. The maximum absolute atomic E-state index is 12.0. The molecular weight excluding hydrogens is 455 g/mol. The number of carbonyl (C=O) groups is 1. The third-order valence-corrected chi connectivity index (χ3v) is 4.39. The molecule has 0 aliphatic heterocycles. The molecule has 1 fully saturated rings. The molecule has 0 aromatic heterocycles. The van der Waals surface area contributed by atoms with E-state index in [0.29, 0.717) is 38.1 Å². The SMILES string of the molecule is CCNC(=NCc1ccccc1OCC)NCCC(=O)NC1CCCC1.I. The third kappa shape index (κ3) is 8.81. The molecule has 1 aliphatic carbocycles. The Labute approximate surface area is 179 Å². The van der Waals surface area contributed by atoms with E-state index >= 15 is 0 Å². The molecule has 27 heavy (non-hydrogen) atoms. The Hall–Kier alpha value is -1.51. The van der Waals surface area contributed by atoms with Crippen molar-refractivity contribution in [2.45, 2.75) is 58.5 Å². The van der Waals surface area contributed by atoms with E-state index in [4.69, 9.17) is 4.74 Å². The van der Waals surface area contributed by atoms with E-state index in [1.807, 2.05) is 38.1 Å². The van der Waals surface area contributed by atoms with Gasteiger partial charge in [-0.1, -0.05) is 31.0 Å².